The van der Waals surface area contributed by atoms with Crippen LogP contribution in [-0.4, -0.2) is 39.3 Å². The van der Waals surface area contributed by atoms with Gasteiger partial charge in [-0.3, -0.25) is 4.98 Å². The molecule has 3 heterocycles. The second-order valence-corrected chi connectivity index (χ2v) is 6.24. The highest BCUT2D eigenvalue weighted by atomic mass is 19.4. The highest BCUT2D eigenvalue weighted by Crippen LogP contribution is 2.32. The zero-order valence-corrected chi connectivity index (χ0v) is 13.7. The van der Waals surface area contributed by atoms with Crippen LogP contribution in [0.5, 0.6) is 0 Å². The summed E-state index contributed by atoms with van der Waals surface area (Å²) >= 11 is 0. The van der Waals surface area contributed by atoms with E-state index in [1.165, 1.54) is 6.20 Å². The van der Waals surface area contributed by atoms with E-state index in [1.54, 1.807) is 30.0 Å². The first-order chi connectivity index (χ1) is 11.8. The van der Waals surface area contributed by atoms with E-state index in [0.717, 1.165) is 18.9 Å². The molecule has 0 aliphatic carbocycles. The first-order valence-electron chi connectivity index (χ1n) is 8.15. The molecule has 2 aromatic rings. The Morgan fingerprint density at radius 2 is 2.08 bits per heavy atom. The standard InChI is InChI=1S/C17H19F3N4O/c1-11(25)12-5-4-8-24(10-12)15-9-14(17(18,19)20)22-16(23-15)13-6-2-3-7-21-13/h2-3,6-7,9,11-12,25H,4-5,8,10H2,1H3. The van der Waals surface area contributed by atoms with E-state index in [1.807, 2.05) is 0 Å². The van der Waals surface area contributed by atoms with Crippen molar-refractivity contribution in [1.29, 1.82) is 0 Å². The van der Waals surface area contributed by atoms with Gasteiger partial charge in [-0.1, -0.05) is 6.07 Å². The van der Waals surface area contributed by atoms with E-state index in [0.29, 0.717) is 18.8 Å². The van der Waals surface area contributed by atoms with Crippen molar-refractivity contribution in [1.82, 2.24) is 15.0 Å². The second kappa shape index (κ2) is 6.95. The van der Waals surface area contributed by atoms with E-state index in [2.05, 4.69) is 15.0 Å². The van der Waals surface area contributed by atoms with Crippen molar-refractivity contribution in [3.63, 3.8) is 0 Å². The summed E-state index contributed by atoms with van der Waals surface area (Å²) in [6.07, 6.45) is -1.95. The van der Waals surface area contributed by atoms with Gasteiger partial charge in [0.25, 0.3) is 0 Å². The summed E-state index contributed by atoms with van der Waals surface area (Å²) in [6, 6.07) is 5.90. The third-order valence-corrected chi connectivity index (χ3v) is 4.36. The van der Waals surface area contributed by atoms with Crippen molar-refractivity contribution in [2.45, 2.75) is 32.0 Å². The molecule has 1 N–H and O–H groups in total. The van der Waals surface area contributed by atoms with Crippen LogP contribution in [0.4, 0.5) is 19.0 Å². The summed E-state index contributed by atoms with van der Waals surface area (Å²) in [5.74, 6) is 0.175. The number of hydrogen-bond acceptors (Lipinski definition) is 5. The van der Waals surface area contributed by atoms with Crippen LogP contribution in [0, 0.1) is 5.92 Å². The van der Waals surface area contributed by atoms with Gasteiger partial charge in [0.2, 0.25) is 0 Å². The summed E-state index contributed by atoms with van der Waals surface area (Å²) in [5, 5.41) is 9.81. The van der Waals surface area contributed by atoms with Crippen LogP contribution < -0.4 is 4.90 Å². The molecule has 1 aliphatic rings. The summed E-state index contributed by atoms with van der Waals surface area (Å²) in [6.45, 7) is 2.77. The molecule has 5 nitrogen and oxygen atoms in total. The lowest BCUT2D eigenvalue weighted by Crippen LogP contribution is -2.40. The van der Waals surface area contributed by atoms with E-state index in [9.17, 15) is 18.3 Å². The molecule has 1 saturated heterocycles. The Balaban J connectivity index is 2.01. The van der Waals surface area contributed by atoms with Crippen LogP contribution in [-0.2, 0) is 6.18 Å². The molecule has 134 valence electrons. The molecule has 2 atom stereocenters. The van der Waals surface area contributed by atoms with Gasteiger partial charge in [0.1, 0.15) is 11.5 Å². The predicted molar refractivity (Wildman–Crippen MR) is 86.9 cm³/mol. The number of piperidine rings is 1. The molecule has 2 aromatic heterocycles. The van der Waals surface area contributed by atoms with Gasteiger partial charge in [0, 0.05) is 31.3 Å². The van der Waals surface area contributed by atoms with Crippen molar-refractivity contribution in [3.05, 3.63) is 36.2 Å². The number of aliphatic hydroxyl groups is 1. The van der Waals surface area contributed by atoms with Crippen LogP contribution in [0.1, 0.15) is 25.5 Å². The first-order valence-corrected chi connectivity index (χ1v) is 8.15. The molecule has 3 rings (SSSR count). The molecule has 0 spiro atoms. The number of hydrogen-bond donors (Lipinski definition) is 1. The lowest BCUT2D eigenvalue weighted by atomic mass is 9.93. The van der Waals surface area contributed by atoms with Gasteiger partial charge in [0.05, 0.1) is 6.10 Å². The van der Waals surface area contributed by atoms with Crippen LogP contribution in [0.15, 0.2) is 30.5 Å². The highest BCUT2D eigenvalue weighted by molar-refractivity contribution is 5.54. The molecule has 0 aromatic carbocycles. The zero-order valence-electron chi connectivity index (χ0n) is 13.7. The fourth-order valence-corrected chi connectivity index (χ4v) is 2.96. The maximum Gasteiger partial charge on any atom is 0.433 e. The van der Waals surface area contributed by atoms with Crippen LogP contribution in [0.25, 0.3) is 11.5 Å². The average Bonchev–Trinajstić information content (AvgIpc) is 2.61. The molecule has 0 radical (unpaired) electrons. The SMILES string of the molecule is CC(O)C1CCCN(c2cc(C(F)(F)F)nc(-c3ccccn3)n2)C1. The number of halogens is 3. The fourth-order valence-electron chi connectivity index (χ4n) is 2.96. The van der Waals surface area contributed by atoms with Gasteiger partial charge in [-0.05, 0) is 31.9 Å². The number of anilines is 1. The fraction of sp³-hybridized carbons (Fsp3) is 0.471. The van der Waals surface area contributed by atoms with E-state index < -0.39 is 18.0 Å². The summed E-state index contributed by atoms with van der Waals surface area (Å²) in [5.41, 5.74) is -0.698. The molecule has 0 saturated carbocycles. The van der Waals surface area contributed by atoms with Gasteiger partial charge in [-0.15, -0.1) is 0 Å². The number of alkyl halides is 3. The Kier molecular flexibility index (Phi) is 4.89. The number of rotatable bonds is 3. The Labute approximate surface area is 143 Å². The van der Waals surface area contributed by atoms with Gasteiger partial charge in [0.15, 0.2) is 11.5 Å². The number of aliphatic hydroxyl groups excluding tert-OH is 1. The molecule has 0 bridgehead atoms. The summed E-state index contributed by atoms with van der Waals surface area (Å²) in [4.78, 5) is 13.8. The maximum atomic E-state index is 13.3. The highest BCUT2D eigenvalue weighted by Gasteiger charge is 2.35. The van der Waals surface area contributed by atoms with Gasteiger partial charge < -0.3 is 10.0 Å². The minimum atomic E-state index is -4.57. The van der Waals surface area contributed by atoms with Gasteiger partial charge in [-0.2, -0.15) is 13.2 Å². The quantitative estimate of drug-likeness (QED) is 0.919. The third kappa shape index (κ3) is 4.07. The molecule has 1 fully saturated rings. The normalized spacial score (nSPS) is 19.7. The van der Waals surface area contributed by atoms with Crippen LogP contribution >= 0.6 is 0 Å². The molecule has 8 heteroatoms. The maximum absolute atomic E-state index is 13.3. The molecular formula is C17H19F3N4O. The van der Waals surface area contributed by atoms with Crippen molar-refractivity contribution in [2.75, 3.05) is 18.0 Å². The van der Waals surface area contributed by atoms with Crippen LogP contribution in [0.2, 0.25) is 0 Å². The smallest absolute Gasteiger partial charge is 0.393 e. The van der Waals surface area contributed by atoms with Crippen molar-refractivity contribution in [3.8, 4) is 11.5 Å². The van der Waals surface area contributed by atoms with Gasteiger partial charge in [-0.25, -0.2) is 9.97 Å². The van der Waals surface area contributed by atoms with E-state index >= 15 is 0 Å². The molecule has 1 aliphatic heterocycles. The monoisotopic (exact) mass is 352 g/mol. The minimum absolute atomic E-state index is 0.0105. The van der Waals surface area contributed by atoms with Crippen LogP contribution in [0.3, 0.4) is 0 Å². The van der Waals surface area contributed by atoms with E-state index in [4.69, 9.17) is 0 Å². The third-order valence-electron chi connectivity index (χ3n) is 4.36. The molecular weight excluding hydrogens is 333 g/mol. The Bertz CT molecular complexity index is 722. The Morgan fingerprint density at radius 3 is 2.72 bits per heavy atom. The molecule has 25 heavy (non-hydrogen) atoms. The summed E-state index contributed by atoms with van der Waals surface area (Å²) in [7, 11) is 0. The lowest BCUT2D eigenvalue weighted by molar-refractivity contribution is -0.141. The van der Waals surface area contributed by atoms with Gasteiger partial charge >= 0.3 is 6.18 Å². The van der Waals surface area contributed by atoms with Crippen molar-refractivity contribution in [2.24, 2.45) is 5.92 Å². The number of nitrogens with zero attached hydrogens (tertiary/aromatic N) is 4. The average molecular weight is 352 g/mol. The van der Waals surface area contributed by atoms with Crippen molar-refractivity contribution < 1.29 is 18.3 Å². The van der Waals surface area contributed by atoms with E-state index in [-0.39, 0.29) is 17.6 Å². The van der Waals surface area contributed by atoms with Crippen molar-refractivity contribution >= 4 is 5.82 Å². The zero-order chi connectivity index (χ0) is 18.0. The largest absolute Gasteiger partial charge is 0.433 e. The number of pyridine rings is 1. The predicted octanol–water partition coefficient (Wildman–Crippen LogP) is 3.15. The second-order valence-electron chi connectivity index (χ2n) is 6.24. The lowest BCUT2D eigenvalue weighted by Gasteiger charge is -2.35. The number of aromatic nitrogens is 3. The first kappa shape index (κ1) is 17.6. The Morgan fingerprint density at radius 1 is 1.28 bits per heavy atom. The topological polar surface area (TPSA) is 62.1 Å². The summed E-state index contributed by atoms with van der Waals surface area (Å²) < 4.78 is 39.8. The Hall–Kier alpha value is -2.22. The molecule has 2 unspecified atom stereocenters. The molecule has 0 amide bonds. The minimum Gasteiger partial charge on any atom is -0.393 e.